The third kappa shape index (κ3) is 4.15. The molecule has 17 heavy (non-hydrogen) atoms. The molecular formula is C12H12ClFO3. The van der Waals surface area contributed by atoms with Gasteiger partial charge in [-0.2, -0.15) is 0 Å². The molecule has 0 radical (unpaired) electrons. The Labute approximate surface area is 104 Å². The number of esters is 1. The molecule has 0 aliphatic carbocycles. The Morgan fingerprint density at radius 2 is 2.06 bits per heavy atom. The first-order valence-electron chi connectivity index (χ1n) is 5.09. The molecule has 0 N–H and O–H groups in total. The molecule has 0 amide bonds. The summed E-state index contributed by atoms with van der Waals surface area (Å²) >= 11 is 5.74. The van der Waals surface area contributed by atoms with Crippen LogP contribution in [0.25, 0.3) is 0 Å². The quantitative estimate of drug-likeness (QED) is 0.602. The number of carbonyl (C=O) groups is 2. The summed E-state index contributed by atoms with van der Waals surface area (Å²) in [6.07, 6.45) is 0.751. The molecule has 92 valence electrons. The highest BCUT2D eigenvalue weighted by Gasteiger charge is 2.11. The first-order chi connectivity index (χ1) is 8.04. The summed E-state index contributed by atoms with van der Waals surface area (Å²) in [5.41, 5.74) is 0.276. The lowest BCUT2D eigenvalue weighted by Crippen LogP contribution is -2.04. The highest BCUT2D eigenvalue weighted by atomic mass is 35.5. The molecule has 0 aliphatic heterocycles. The molecule has 1 aromatic carbocycles. The molecule has 0 fully saturated rings. The van der Waals surface area contributed by atoms with Crippen molar-refractivity contribution in [2.75, 3.05) is 7.11 Å². The summed E-state index contributed by atoms with van der Waals surface area (Å²) < 4.78 is 17.2. The lowest BCUT2D eigenvalue weighted by atomic mass is 10.1. The van der Waals surface area contributed by atoms with E-state index in [-0.39, 0.29) is 35.2 Å². The maximum atomic E-state index is 12.8. The van der Waals surface area contributed by atoms with Crippen LogP contribution in [0.3, 0.4) is 0 Å². The minimum Gasteiger partial charge on any atom is -0.469 e. The Hall–Kier alpha value is -1.42. The van der Waals surface area contributed by atoms with Gasteiger partial charge in [0.05, 0.1) is 12.1 Å². The van der Waals surface area contributed by atoms with Crippen molar-refractivity contribution in [1.29, 1.82) is 0 Å². The Bertz CT molecular complexity index is 432. The van der Waals surface area contributed by atoms with Gasteiger partial charge in [-0.15, -0.1) is 0 Å². The van der Waals surface area contributed by atoms with Crippen LogP contribution in [-0.4, -0.2) is 18.9 Å². The van der Waals surface area contributed by atoms with Crippen molar-refractivity contribution in [2.45, 2.75) is 19.3 Å². The van der Waals surface area contributed by atoms with E-state index >= 15 is 0 Å². The summed E-state index contributed by atoms with van der Waals surface area (Å²) in [6.45, 7) is 0. The van der Waals surface area contributed by atoms with Crippen LogP contribution in [0, 0.1) is 5.82 Å². The van der Waals surface area contributed by atoms with Crippen molar-refractivity contribution in [1.82, 2.24) is 0 Å². The minimum absolute atomic E-state index is 0.0908. The maximum absolute atomic E-state index is 12.8. The van der Waals surface area contributed by atoms with Gasteiger partial charge in [0.1, 0.15) is 5.82 Å². The SMILES string of the molecule is COC(=O)CCCC(=O)c1ccc(F)cc1Cl. The van der Waals surface area contributed by atoms with Crippen molar-refractivity contribution < 1.29 is 18.7 Å². The normalized spacial score (nSPS) is 10.1. The zero-order valence-electron chi connectivity index (χ0n) is 9.33. The maximum Gasteiger partial charge on any atom is 0.305 e. The summed E-state index contributed by atoms with van der Waals surface area (Å²) in [5, 5.41) is 0.0908. The lowest BCUT2D eigenvalue weighted by molar-refractivity contribution is -0.140. The molecule has 0 unspecified atom stereocenters. The monoisotopic (exact) mass is 258 g/mol. The summed E-state index contributed by atoms with van der Waals surface area (Å²) in [5.74, 6) is -1.05. The molecule has 0 bridgehead atoms. The average Bonchev–Trinajstić information content (AvgIpc) is 2.28. The van der Waals surface area contributed by atoms with Crippen LogP contribution < -0.4 is 0 Å². The smallest absolute Gasteiger partial charge is 0.305 e. The van der Waals surface area contributed by atoms with Gasteiger partial charge in [0, 0.05) is 18.4 Å². The van der Waals surface area contributed by atoms with E-state index in [0.29, 0.717) is 6.42 Å². The highest BCUT2D eigenvalue weighted by molar-refractivity contribution is 6.33. The summed E-state index contributed by atoms with van der Waals surface area (Å²) in [7, 11) is 1.29. The molecule has 0 atom stereocenters. The standard InChI is InChI=1S/C12H12ClFO3/c1-17-12(16)4-2-3-11(15)9-6-5-8(14)7-10(9)13/h5-7H,2-4H2,1H3. The number of rotatable bonds is 5. The number of ketones is 1. The number of hydrogen-bond acceptors (Lipinski definition) is 3. The number of halogens is 2. The molecule has 0 heterocycles. The average molecular weight is 259 g/mol. The van der Waals surface area contributed by atoms with Gasteiger partial charge >= 0.3 is 5.97 Å². The van der Waals surface area contributed by atoms with Crippen molar-refractivity contribution in [3.8, 4) is 0 Å². The molecule has 0 aliphatic rings. The Balaban J connectivity index is 2.55. The minimum atomic E-state index is -0.485. The van der Waals surface area contributed by atoms with Crippen molar-refractivity contribution >= 4 is 23.4 Å². The van der Waals surface area contributed by atoms with E-state index in [4.69, 9.17) is 11.6 Å². The van der Waals surface area contributed by atoms with Gasteiger partial charge in [-0.25, -0.2) is 4.39 Å². The second-order valence-electron chi connectivity index (χ2n) is 3.48. The molecule has 0 spiro atoms. The van der Waals surface area contributed by atoms with Crippen molar-refractivity contribution in [3.63, 3.8) is 0 Å². The van der Waals surface area contributed by atoms with E-state index in [2.05, 4.69) is 4.74 Å². The second-order valence-corrected chi connectivity index (χ2v) is 3.88. The predicted molar refractivity (Wildman–Crippen MR) is 61.6 cm³/mol. The van der Waals surface area contributed by atoms with Crippen LogP contribution in [0.2, 0.25) is 5.02 Å². The zero-order valence-corrected chi connectivity index (χ0v) is 10.1. The van der Waals surface area contributed by atoms with Crippen LogP contribution in [0.5, 0.6) is 0 Å². The lowest BCUT2D eigenvalue weighted by Gasteiger charge is -2.03. The molecule has 0 saturated carbocycles. The van der Waals surface area contributed by atoms with E-state index in [9.17, 15) is 14.0 Å². The molecule has 1 aromatic rings. The largest absolute Gasteiger partial charge is 0.469 e. The third-order valence-electron chi connectivity index (χ3n) is 2.24. The molecule has 5 heteroatoms. The van der Waals surface area contributed by atoms with Crippen LogP contribution >= 0.6 is 11.6 Å². The molecular weight excluding hydrogens is 247 g/mol. The number of ether oxygens (including phenoxy) is 1. The Kier molecular flexibility index (Phi) is 5.10. The van der Waals surface area contributed by atoms with Gasteiger partial charge in [0.15, 0.2) is 5.78 Å². The van der Waals surface area contributed by atoms with Crippen molar-refractivity contribution in [2.24, 2.45) is 0 Å². The van der Waals surface area contributed by atoms with Crippen molar-refractivity contribution in [3.05, 3.63) is 34.6 Å². The third-order valence-corrected chi connectivity index (χ3v) is 2.56. The number of Topliss-reactive ketones (excluding diaryl/α,β-unsaturated/α-hetero) is 1. The topological polar surface area (TPSA) is 43.4 Å². The summed E-state index contributed by atoms with van der Waals surface area (Å²) in [4.78, 5) is 22.5. The van der Waals surface area contributed by atoms with Gasteiger partial charge in [-0.05, 0) is 24.6 Å². The molecule has 0 aromatic heterocycles. The highest BCUT2D eigenvalue weighted by Crippen LogP contribution is 2.19. The van der Waals surface area contributed by atoms with Crippen LogP contribution in [0.15, 0.2) is 18.2 Å². The van der Waals surface area contributed by atoms with Crippen LogP contribution in [0.1, 0.15) is 29.6 Å². The van der Waals surface area contributed by atoms with Gasteiger partial charge in [-0.3, -0.25) is 9.59 Å². The number of hydrogen-bond donors (Lipinski definition) is 0. The second kappa shape index (κ2) is 6.35. The van der Waals surface area contributed by atoms with E-state index in [1.165, 1.54) is 19.2 Å². The molecule has 1 rings (SSSR count). The first kappa shape index (κ1) is 13.6. The van der Waals surface area contributed by atoms with E-state index < -0.39 is 5.82 Å². The van der Waals surface area contributed by atoms with Gasteiger partial charge < -0.3 is 4.74 Å². The van der Waals surface area contributed by atoms with E-state index in [1.807, 2.05) is 0 Å². The Morgan fingerprint density at radius 1 is 1.35 bits per heavy atom. The fourth-order valence-electron chi connectivity index (χ4n) is 1.35. The Morgan fingerprint density at radius 3 is 2.65 bits per heavy atom. The van der Waals surface area contributed by atoms with E-state index in [0.717, 1.165) is 6.07 Å². The first-order valence-corrected chi connectivity index (χ1v) is 5.47. The predicted octanol–water partition coefficient (Wildman–Crippen LogP) is 3.01. The number of methoxy groups -OCH3 is 1. The van der Waals surface area contributed by atoms with Crippen LogP contribution in [-0.2, 0) is 9.53 Å². The molecule has 3 nitrogen and oxygen atoms in total. The van der Waals surface area contributed by atoms with Crippen LogP contribution in [0.4, 0.5) is 4.39 Å². The molecule has 0 saturated heterocycles. The van der Waals surface area contributed by atoms with Gasteiger partial charge in [0.25, 0.3) is 0 Å². The number of benzene rings is 1. The number of carbonyl (C=O) groups excluding carboxylic acids is 2. The zero-order chi connectivity index (χ0) is 12.8. The van der Waals surface area contributed by atoms with Gasteiger partial charge in [0.2, 0.25) is 0 Å². The fourth-order valence-corrected chi connectivity index (χ4v) is 1.62. The summed E-state index contributed by atoms with van der Waals surface area (Å²) in [6, 6.07) is 3.62. The fraction of sp³-hybridized carbons (Fsp3) is 0.333. The van der Waals surface area contributed by atoms with E-state index in [1.54, 1.807) is 0 Å². The van der Waals surface area contributed by atoms with Gasteiger partial charge in [-0.1, -0.05) is 11.6 Å².